The van der Waals surface area contributed by atoms with E-state index < -0.39 is 5.83 Å². The summed E-state index contributed by atoms with van der Waals surface area (Å²) in [6.07, 6.45) is 3.48. The molecule has 0 aliphatic heterocycles. The number of nitriles is 1. The SMILES string of the molecule is C=C/C(=C\C(=C)F)COc1cccc(C=O)c1.CNc1ccc(C#N)cc1. The van der Waals surface area contributed by atoms with Crippen LogP contribution in [0.4, 0.5) is 10.1 Å². The number of benzene rings is 2. The van der Waals surface area contributed by atoms with E-state index in [1.807, 2.05) is 19.2 Å². The van der Waals surface area contributed by atoms with Crippen molar-refractivity contribution in [3.63, 3.8) is 0 Å². The summed E-state index contributed by atoms with van der Waals surface area (Å²) in [4.78, 5) is 10.6. The maximum Gasteiger partial charge on any atom is 0.150 e. The van der Waals surface area contributed by atoms with Crippen molar-refractivity contribution < 1.29 is 13.9 Å². The fourth-order valence-electron chi connectivity index (χ4n) is 1.92. The molecule has 0 heterocycles. The van der Waals surface area contributed by atoms with Crippen LogP contribution in [-0.4, -0.2) is 19.9 Å². The molecule has 4 nitrogen and oxygen atoms in total. The zero-order valence-electron chi connectivity index (χ0n) is 15.1. The third-order valence-corrected chi connectivity index (χ3v) is 3.31. The molecule has 5 heteroatoms. The van der Waals surface area contributed by atoms with E-state index in [0.29, 0.717) is 22.4 Å². The molecule has 1 N–H and O–H groups in total. The Morgan fingerprint density at radius 2 is 2.00 bits per heavy atom. The van der Waals surface area contributed by atoms with Crippen molar-refractivity contribution in [3.8, 4) is 11.8 Å². The minimum Gasteiger partial charge on any atom is -0.489 e. The molecule has 0 saturated carbocycles. The number of nitrogens with one attached hydrogen (secondary N) is 1. The number of allylic oxidation sites excluding steroid dienone is 2. The van der Waals surface area contributed by atoms with Crippen LogP contribution in [0.1, 0.15) is 15.9 Å². The average molecular weight is 364 g/mol. The van der Waals surface area contributed by atoms with E-state index in [0.717, 1.165) is 12.0 Å². The largest absolute Gasteiger partial charge is 0.489 e. The van der Waals surface area contributed by atoms with Crippen LogP contribution in [0.25, 0.3) is 0 Å². The van der Waals surface area contributed by atoms with E-state index in [1.54, 1.807) is 36.4 Å². The Hall–Kier alpha value is -3.65. The van der Waals surface area contributed by atoms with Gasteiger partial charge < -0.3 is 10.1 Å². The van der Waals surface area contributed by atoms with E-state index >= 15 is 0 Å². The summed E-state index contributed by atoms with van der Waals surface area (Å²) >= 11 is 0. The molecule has 0 unspecified atom stereocenters. The molecule has 0 fully saturated rings. The molecule has 2 aromatic rings. The van der Waals surface area contributed by atoms with Crippen LogP contribution in [0.15, 0.2) is 85.2 Å². The minimum atomic E-state index is -0.551. The van der Waals surface area contributed by atoms with Gasteiger partial charge in [0.1, 0.15) is 24.5 Å². The van der Waals surface area contributed by atoms with Gasteiger partial charge in [-0.15, -0.1) is 0 Å². The number of anilines is 1. The summed E-state index contributed by atoms with van der Waals surface area (Å²) in [5.74, 6) is -0.00281. The first-order valence-corrected chi connectivity index (χ1v) is 8.05. The van der Waals surface area contributed by atoms with E-state index in [-0.39, 0.29) is 6.61 Å². The molecule has 0 spiro atoms. The van der Waals surface area contributed by atoms with Crippen molar-refractivity contribution in [2.24, 2.45) is 0 Å². The normalized spacial score (nSPS) is 9.89. The molecule has 0 aromatic heterocycles. The van der Waals surface area contributed by atoms with Gasteiger partial charge in [0.15, 0.2) is 0 Å². The second-order valence-corrected chi connectivity index (χ2v) is 5.29. The first-order valence-electron chi connectivity index (χ1n) is 8.05. The third-order valence-electron chi connectivity index (χ3n) is 3.31. The molecule has 2 aromatic carbocycles. The molecule has 0 amide bonds. The lowest BCUT2D eigenvalue weighted by atomic mass is 10.2. The monoisotopic (exact) mass is 364 g/mol. The Morgan fingerprint density at radius 3 is 2.52 bits per heavy atom. The predicted octanol–water partition coefficient (Wildman–Crippen LogP) is 5.07. The van der Waals surface area contributed by atoms with Crippen molar-refractivity contribution >= 4 is 12.0 Å². The molecule has 0 bridgehead atoms. The lowest BCUT2D eigenvalue weighted by molar-refractivity contribution is 0.112. The van der Waals surface area contributed by atoms with Gasteiger partial charge in [0.05, 0.1) is 11.6 Å². The highest BCUT2D eigenvalue weighted by molar-refractivity contribution is 5.75. The molecule has 0 atom stereocenters. The number of halogens is 1. The van der Waals surface area contributed by atoms with Crippen LogP contribution in [0.5, 0.6) is 5.75 Å². The van der Waals surface area contributed by atoms with E-state index in [9.17, 15) is 9.18 Å². The van der Waals surface area contributed by atoms with Gasteiger partial charge in [-0.2, -0.15) is 5.26 Å². The predicted molar refractivity (Wildman–Crippen MR) is 107 cm³/mol. The summed E-state index contributed by atoms with van der Waals surface area (Å²) in [6.45, 7) is 6.86. The molecule has 0 aliphatic carbocycles. The summed E-state index contributed by atoms with van der Waals surface area (Å²) < 4.78 is 18.0. The van der Waals surface area contributed by atoms with Crippen molar-refractivity contribution in [1.82, 2.24) is 0 Å². The van der Waals surface area contributed by atoms with E-state index in [2.05, 4.69) is 24.5 Å². The lowest BCUT2D eigenvalue weighted by Gasteiger charge is -2.06. The van der Waals surface area contributed by atoms with Gasteiger partial charge in [-0.1, -0.05) is 31.4 Å². The van der Waals surface area contributed by atoms with Gasteiger partial charge in [0.2, 0.25) is 0 Å². The maximum atomic E-state index is 12.6. The molecular weight excluding hydrogens is 343 g/mol. The Labute approximate surface area is 158 Å². The highest BCUT2D eigenvalue weighted by Gasteiger charge is 1.98. The number of hydrogen-bond acceptors (Lipinski definition) is 4. The standard InChI is InChI=1S/C14H13FO2.C8H8N2/c1-3-12(7-11(2)15)10-17-14-6-4-5-13(8-14)9-16;1-10-8-4-2-7(6-9)3-5-8/h3-9H,1-2,10H2;2-5,10H,1H3/b12-7+;. The summed E-state index contributed by atoms with van der Waals surface area (Å²) in [5, 5.41) is 11.4. The molecule has 27 heavy (non-hydrogen) atoms. The summed E-state index contributed by atoms with van der Waals surface area (Å²) in [5.41, 5.74) is 2.83. The number of aldehydes is 1. The first kappa shape index (κ1) is 21.4. The number of carbonyl (C=O) groups excluding carboxylic acids is 1. The van der Waals surface area contributed by atoms with E-state index in [1.165, 1.54) is 12.2 Å². The van der Waals surface area contributed by atoms with Crippen LogP contribution >= 0.6 is 0 Å². The molecular formula is C22H21FN2O2. The van der Waals surface area contributed by atoms with Gasteiger partial charge in [-0.3, -0.25) is 4.79 Å². The number of nitrogens with zero attached hydrogens (tertiary/aromatic N) is 1. The molecule has 0 aliphatic rings. The number of rotatable bonds is 7. The maximum absolute atomic E-state index is 12.6. The van der Waals surface area contributed by atoms with Crippen LogP contribution in [0.2, 0.25) is 0 Å². The fraction of sp³-hybridized carbons (Fsp3) is 0.0909. The quantitative estimate of drug-likeness (QED) is 0.550. The first-order chi connectivity index (χ1) is 13.0. The van der Waals surface area contributed by atoms with Gasteiger partial charge >= 0.3 is 0 Å². The van der Waals surface area contributed by atoms with E-state index in [4.69, 9.17) is 10.00 Å². The second kappa shape index (κ2) is 11.8. The highest BCUT2D eigenvalue weighted by atomic mass is 19.1. The molecule has 138 valence electrons. The van der Waals surface area contributed by atoms with Crippen LogP contribution < -0.4 is 10.1 Å². The van der Waals surface area contributed by atoms with Gasteiger partial charge in [-0.25, -0.2) is 4.39 Å². The fourth-order valence-corrected chi connectivity index (χ4v) is 1.92. The second-order valence-electron chi connectivity index (χ2n) is 5.29. The average Bonchev–Trinajstić information content (AvgIpc) is 2.71. The molecule has 2 rings (SSSR count). The minimum absolute atomic E-state index is 0.175. The third kappa shape index (κ3) is 8.32. The summed E-state index contributed by atoms with van der Waals surface area (Å²) in [7, 11) is 1.85. The Kier molecular flexibility index (Phi) is 9.37. The number of carbonyl (C=O) groups is 1. The molecule has 0 radical (unpaired) electrons. The zero-order valence-corrected chi connectivity index (χ0v) is 15.1. The van der Waals surface area contributed by atoms with Crippen LogP contribution in [0, 0.1) is 11.3 Å². The summed E-state index contributed by atoms with van der Waals surface area (Å²) in [6, 6.07) is 16.1. The van der Waals surface area contributed by atoms with Crippen molar-refractivity contribution in [2.45, 2.75) is 0 Å². The van der Waals surface area contributed by atoms with Gasteiger partial charge in [0, 0.05) is 18.3 Å². The van der Waals surface area contributed by atoms with Gasteiger partial charge in [0.25, 0.3) is 0 Å². The number of hydrogen-bond donors (Lipinski definition) is 1. The van der Waals surface area contributed by atoms with Crippen LogP contribution in [-0.2, 0) is 0 Å². The Balaban J connectivity index is 0.000000309. The van der Waals surface area contributed by atoms with Crippen LogP contribution in [0.3, 0.4) is 0 Å². The molecule has 0 saturated heterocycles. The topological polar surface area (TPSA) is 62.1 Å². The lowest BCUT2D eigenvalue weighted by Crippen LogP contribution is -1.99. The Morgan fingerprint density at radius 1 is 1.30 bits per heavy atom. The number of ether oxygens (including phenoxy) is 1. The van der Waals surface area contributed by atoms with Crippen molar-refractivity contribution in [1.29, 1.82) is 5.26 Å². The Bertz CT molecular complexity index is 849. The van der Waals surface area contributed by atoms with Gasteiger partial charge in [-0.05, 0) is 48.0 Å². The van der Waals surface area contributed by atoms with Crippen molar-refractivity contribution in [2.75, 3.05) is 19.0 Å². The zero-order chi connectivity index (χ0) is 20.1. The smallest absolute Gasteiger partial charge is 0.150 e. The highest BCUT2D eigenvalue weighted by Crippen LogP contribution is 2.14. The van der Waals surface area contributed by atoms with Crippen molar-refractivity contribution in [3.05, 3.63) is 96.4 Å².